The van der Waals surface area contributed by atoms with Gasteiger partial charge in [0.25, 0.3) is 0 Å². The Morgan fingerprint density at radius 3 is 2.53 bits per heavy atom. The number of nitrogens with one attached hydrogen (secondary N) is 2. The molecular formula is C11H21N3O. The topological polar surface area (TPSA) is 64.9 Å². The smallest absolute Gasteiger partial charge is 0.221 e. The molecule has 15 heavy (non-hydrogen) atoms. The van der Waals surface area contributed by atoms with E-state index in [0.717, 1.165) is 0 Å². The fraction of sp³-hybridized carbons (Fsp3) is 0.818. The van der Waals surface area contributed by atoms with E-state index in [9.17, 15) is 4.79 Å². The van der Waals surface area contributed by atoms with E-state index in [1.165, 1.54) is 0 Å². The molecule has 1 unspecified atom stereocenters. The van der Waals surface area contributed by atoms with E-state index in [4.69, 9.17) is 5.26 Å². The molecule has 4 heteroatoms. The predicted octanol–water partition coefficient (Wildman–Crippen LogP) is 1.18. The summed E-state index contributed by atoms with van der Waals surface area (Å²) in [5.41, 5.74) is 0.0402. The number of carbonyl (C=O) groups excluding carboxylic acids is 1. The standard InChI is InChI=1S/C11H21N3O/c1-9(5-7-12)14-10(15)6-8-13-11(2,3)4/h9,13H,5-6,8H2,1-4H3,(H,14,15). The predicted molar refractivity (Wildman–Crippen MR) is 60.2 cm³/mol. The highest BCUT2D eigenvalue weighted by Crippen LogP contribution is 1.98. The minimum Gasteiger partial charge on any atom is -0.353 e. The molecule has 1 amide bonds. The molecule has 0 saturated heterocycles. The lowest BCUT2D eigenvalue weighted by Crippen LogP contribution is -2.39. The van der Waals surface area contributed by atoms with E-state index in [0.29, 0.717) is 19.4 Å². The molecule has 0 aromatic heterocycles. The van der Waals surface area contributed by atoms with E-state index >= 15 is 0 Å². The molecule has 0 saturated carbocycles. The van der Waals surface area contributed by atoms with Gasteiger partial charge in [-0.05, 0) is 27.7 Å². The number of nitrogens with zero attached hydrogens (tertiary/aromatic N) is 1. The lowest BCUT2D eigenvalue weighted by Gasteiger charge is -2.20. The molecule has 0 heterocycles. The van der Waals surface area contributed by atoms with Crippen molar-refractivity contribution in [1.82, 2.24) is 10.6 Å². The van der Waals surface area contributed by atoms with E-state index in [-0.39, 0.29) is 17.5 Å². The van der Waals surface area contributed by atoms with Crippen molar-refractivity contribution in [2.24, 2.45) is 0 Å². The molecule has 0 aliphatic rings. The van der Waals surface area contributed by atoms with Gasteiger partial charge in [-0.3, -0.25) is 4.79 Å². The fourth-order valence-electron chi connectivity index (χ4n) is 1.09. The van der Waals surface area contributed by atoms with Crippen molar-refractivity contribution in [3.8, 4) is 6.07 Å². The van der Waals surface area contributed by atoms with E-state index in [1.807, 2.05) is 13.0 Å². The number of hydrogen-bond donors (Lipinski definition) is 2. The third-order valence-corrected chi connectivity index (χ3v) is 1.81. The summed E-state index contributed by atoms with van der Waals surface area (Å²) in [6.45, 7) is 8.67. The van der Waals surface area contributed by atoms with Crippen molar-refractivity contribution >= 4 is 5.91 Å². The zero-order valence-electron chi connectivity index (χ0n) is 10.1. The molecule has 0 fully saturated rings. The maximum atomic E-state index is 11.4. The number of rotatable bonds is 5. The molecule has 4 nitrogen and oxygen atoms in total. The average molecular weight is 211 g/mol. The van der Waals surface area contributed by atoms with Gasteiger partial charge in [-0.25, -0.2) is 0 Å². The second kappa shape index (κ2) is 6.41. The first-order chi connectivity index (χ1) is 6.85. The van der Waals surface area contributed by atoms with Crippen LogP contribution in [0.1, 0.15) is 40.5 Å². The Bertz CT molecular complexity index is 237. The Morgan fingerprint density at radius 2 is 2.07 bits per heavy atom. The van der Waals surface area contributed by atoms with Crippen molar-refractivity contribution in [2.75, 3.05) is 6.54 Å². The Morgan fingerprint density at radius 1 is 1.47 bits per heavy atom. The second-order valence-corrected chi connectivity index (χ2v) is 4.76. The molecule has 0 radical (unpaired) electrons. The van der Waals surface area contributed by atoms with Crippen LogP contribution < -0.4 is 10.6 Å². The Balaban J connectivity index is 3.63. The molecule has 1 atom stereocenters. The SMILES string of the molecule is CC(CC#N)NC(=O)CCNC(C)(C)C. The van der Waals surface area contributed by atoms with Crippen molar-refractivity contribution < 1.29 is 4.79 Å². The van der Waals surface area contributed by atoms with Gasteiger partial charge in [-0.2, -0.15) is 5.26 Å². The maximum absolute atomic E-state index is 11.4. The third-order valence-electron chi connectivity index (χ3n) is 1.81. The van der Waals surface area contributed by atoms with Crippen LogP contribution in [0, 0.1) is 11.3 Å². The number of hydrogen-bond acceptors (Lipinski definition) is 3. The average Bonchev–Trinajstić information content (AvgIpc) is 2.01. The van der Waals surface area contributed by atoms with Crippen LogP contribution >= 0.6 is 0 Å². The summed E-state index contributed by atoms with van der Waals surface area (Å²) in [6, 6.07) is 1.96. The van der Waals surface area contributed by atoms with Crippen LogP contribution in [0.15, 0.2) is 0 Å². The summed E-state index contributed by atoms with van der Waals surface area (Å²) >= 11 is 0. The van der Waals surface area contributed by atoms with Gasteiger partial charge in [0.05, 0.1) is 12.5 Å². The minimum absolute atomic E-state index is 0.00509. The summed E-state index contributed by atoms with van der Waals surface area (Å²) in [5.74, 6) is -0.00509. The summed E-state index contributed by atoms with van der Waals surface area (Å²) in [6.07, 6.45) is 0.811. The molecule has 2 N–H and O–H groups in total. The van der Waals surface area contributed by atoms with Gasteiger partial charge in [0.1, 0.15) is 0 Å². The molecule has 86 valence electrons. The van der Waals surface area contributed by atoms with Crippen LogP contribution in [0.3, 0.4) is 0 Å². The van der Waals surface area contributed by atoms with E-state index in [1.54, 1.807) is 0 Å². The highest BCUT2D eigenvalue weighted by atomic mass is 16.1. The van der Waals surface area contributed by atoms with Crippen LogP contribution in [0.4, 0.5) is 0 Å². The van der Waals surface area contributed by atoms with Crippen LogP contribution in [-0.4, -0.2) is 24.0 Å². The first kappa shape index (κ1) is 13.9. The quantitative estimate of drug-likeness (QED) is 0.717. The van der Waals surface area contributed by atoms with Crippen molar-refractivity contribution in [3.05, 3.63) is 0 Å². The largest absolute Gasteiger partial charge is 0.353 e. The van der Waals surface area contributed by atoms with Gasteiger partial charge >= 0.3 is 0 Å². The molecule has 0 rings (SSSR count). The molecule has 0 aromatic rings. The first-order valence-electron chi connectivity index (χ1n) is 5.26. The highest BCUT2D eigenvalue weighted by molar-refractivity contribution is 5.76. The monoisotopic (exact) mass is 211 g/mol. The summed E-state index contributed by atoms with van der Waals surface area (Å²) in [4.78, 5) is 11.4. The van der Waals surface area contributed by atoms with Gasteiger partial charge in [0.2, 0.25) is 5.91 Å². The Kier molecular flexibility index (Phi) is 5.95. The van der Waals surface area contributed by atoms with Gasteiger partial charge in [-0.15, -0.1) is 0 Å². The van der Waals surface area contributed by atoms with Gasteiger partial charge < -0.3 is 10.6 Å². The van der Waals surface area contributed by atoms with E-state index < -0.39 is 0 Å². The summed E-state index contributed by atoms with van der Waals surface area (Å²) < 4.78 is 0. The van der Waals surface area contributed by atoms with Crippen LogP contribution in [0.25, 0.3) is 0 Å². The van der Waals surface area contributed by atoms with E-state index in [2.05, 4.69) is 31.4 Å². The van der Waals surface area contributed by atoms with Crippen molar-refractivity contribution in [3.63, 3.8) is 0 Å². The Hall–Kier alpha value is -1.08. The van der Waals surface area contributed by atoms with Gasteiger partial charge in [-0.1, -0.05) is 0 Å². The minimum atomic E-state index is -0.0582. The fourth-order valence-corrected chi connectivity index (χ4v) is 1.09. The molecule has 0 aliphatic carbocycles. The zero-order chi connectivity index (χ0) is 11.9. The Labute approximate surface area is 92.0 Å². The second-order valence-electron chi connectivity index (χ2n) is 4.76. The van der Waals surface area contributed by atoms with Gasteiger partial charge in [0.15, 0.2) is 0 Å². The highest BCUT2D eigenvalue weighted by Gasteiger charge is 2.10. The lowest BCUT2D eigenvalue weighted by molar-refractivity contribution is -0.121. The van der Waals surface area contributed by atoms with Crippen molar-refractivity contribution in [1.29, 1.82) is 5.26 Å². The summed E-state index contributed by atoms with van der Waals surface area (Å²) in [5, 5.41) is 14.4. The zero-order valence-corrected chi connectivity index (χ0v) is 10.1. The van der Waals surface area contributed by atoms with Crippen LogP contribution in [0.5, 0.6) is 0 Å². The van der Waals surface area contributed by atoms with Crippen LogP contribution in [0.2, 0.25) is 0 Å². The molecule has 0 aliphatic heterocycles. The number of carbonyl (C=O) groups is 1. The van der Waals surface area contributed by atoms with Crippen LogP contribution in [-0.2, 0) is 4.79 Å². The number of nitriles is 1. The normalized spacial score (nSPS) is 13.0. The maximum Gasteiger partial charge on any atom is 0.221 e. The molecular weight excluding hydrogens is 190 g/mol. The third kappa shape index (κ3) is 9.23. The number of amides is 1. The van der Waals surface area contributed by atoms with Crippen molar-refractivity contribution in [2.45, 2.75) is 52.1 Å². The van der Waals surface area contributed by atoms with Gasteiger partial charge in [0, 0.05) is 24.5 Å². The first-order valence-corrected chi connectivity index (χ1v) is 5.26. The lowest BCUT2D eigenvalue weighted by atomic mass is 10.1. The molecule has 0 spiro atoms. The summed E-state index contributed by atoms with van der Waals surface area (Å²) in [7, 11) is 0. The molecule has 0 bridgehead atoms. The molecule has 0 aromatic carbocycles.